The number of aryl methyl sites for hydroxylation is 1. The first-order valence-electron chi connectivity index (χ1n) is 11.6. The van der Waals surface area contributed by atoms with E-state index < -0.39 is 0 Å². The summed E-state index contributed by atoms with van der Waals surface area (Å²) in [7, 11) is 1.94. The van der Waals surface area contributed by atoms with E-state index in [9.17, 15) is 4.79 Å². The number of hydrogen-bond acceptors (Lipinski definition) is 7. The molecule has 2 saturated heterocycles. The molecule has 3 aromatic rings. The number of aromatic nitrogens is 4. The van der Waals surface area contributed by atoms with Crippen molar-refractivity contribution in [3.05, 3.63) is 23.3 Å². The molecule has 0 unspecified atom stereocenters. The van der Waals surface area contributed by atoms with Crippen molar-refractivity contribution in [1.82, 2.24) is 29.5 Å². The highest BCUT2D eigenvalue weighted by Gasteiger charge is 2.24. The van der Waals surface area contributed by atoms with Gasteiger partial charge in [0.15, 0.2) is 0 Å². The molecule has 8 nitrogen and oxygen atoms in total. The summed E-state index contributed by atoms with van der Waals surface area (Å²) in [5.74, 6) is 1.10. The van der Waals surface area contributed by atoms with E-state index in [-0.39, 0.29) is 5.91 Å². The third-order valence-corrected chi connectivity index (χ3v) is 7.54. The molecule has 2 aliphatic rings. The van der Waals surface area contributed by atoms with Gasteiger partial charge in [-0.25, -0.2) is 9.97 Å². The topological polar surface area (TPSA) is 70.4 Å². The van der Waals surface area contributed by atoms with E-state index in [1.165, 1.54) is 24.8 Å². The van der Waals surface area contributed by atoms with Crippen molar-refractivity contribution in [3.8, 4) is 11.3 Å². The number of nitrogens with zero attached hydrogens (tertiary/aromatic N) is 7. The first kappa shape index (κ1) is 21.3. The van der Waals surface area contributed by atoms with Crippen LogP contribution in [0, 0.1) is 0 Å². The molecule has 0 spiro atoms. The molecule has 0 radical (unpaired) electrons. The van der Waals surface area contributed by atoms with Crippen LogP contribution in [0.4, 0.5) is 5.95 Å². The Labute approximate surface area is 192 Å². The summed E-state index contributed by atoms with van der Waals surface area (Å²) >= 11 is 1.73. The minimum Gasteiger partial charge on any atom is -0.341 e. The van der Waals surface area contributed by atoms with Crippen molar-refractivity contribution < 1.29 is 4.79 Å². The Hall–Kier alpha value is -2.52. The number of carbonyl (C=O) groups excluding carboxylic acids is 1. The smallest absolute Gasteiger partial charge is 0.226 e. The lowest BCUT2D eigenvalue weighted by Gasteiger charge is -2.34. The molecule has 3 aromatic heterocycles. The average molecular weight is 454 g/mol. The van der Waals surface area contributed by atoms with Crippen LogP contribution in [0.15, 0.2) is 17.8 Å². The molecule has 9 heteroatoms. The quantitative estimate of drug-likeness (QED) is 0.591. The summed E-state index contributed by atoms with van der Waals surface area (Å²) in [4.78, 5) is 28.9. The first-order chi connectivity index (χ1) is 15.6. The van der Waals surface area contributed by atoms with Gasteiger partial charge in [-0.05, 0) is 24.6 Å². The lowest BCUT2D eigenvalue weighted by Crippen LogP contribution is -2.48. The molecule has 0 N–H and O–H groups in total. The second-order valence-corrected chi connectivity index (χ2v) is 9.65. The molecule has 0 saturated carbocycles. The van der Waals surface area contributed by atoms with Gasteiger partial charge < -0.3 is 9.80 Å². The Kier molecular flexibility index (Phi) is 6.10. The second kappa shape index (κ2) is 9.15. The van der Waals surface area contributed by atoms with E-state index in [1.54, 1.807) is 11.3 Å². The van der Waals surface area contributed by atoms with Gasteiger partial charge in [0, 0.05) is 76.6 Å². The largest absolute Gasteiger partial charge is 0.341 e. The fraction of sp³-hybridized carbons (Fsp3) is 0.565. The number of rotatable bonds is 5. The molecule has 2 aliphatic heterocycles. The van der Waals surface area contributed by atoms with Gasteiger partial charge in [-0.3, -0.25) is 14.4 Å². The van der Waals surface area contributed by atoms with E-state index in [4.69, 9.17) is 9.97 Å². The van der Waals surface area contributed by atoms with Crippen molar-refractivity contribution in [2.75, 3.05) is 44.2 Å². The molecule has 0 atom stereocenters. The van der Waals surface area contributed by atoms with E-state index in [2.05, 4.69) is 20.3 Å². The molecule has 0 aliphatic carbocycles. The maximum atomic E-state index is 12.0. The zero-order chi connectivity index (χ0) is 22.1. The minimum absolute atomic E-state index is 0.255. The van der Waals surface area contributed by atoms with Gasteiger partial charge in [-0.2, -0.15) is 5.10 Å². The van der Waals surface area contributed by atoms with Crippen molar-refractivity contribution in [2.45, 2.75) is 39.2 Å². The van der Waals surface area contributed by atoms with Gasteiger partial charge in [-0.15, -0.1) is 11.3 Å². The van der Waals surface area contributed by atoms with Crippen LogP contribution in [0.3, 0.4) is 0 Å². The summed E-state index contributed by atoms with van der Waals surface area (Å²) in [5, 5.41) is 6.62. The van der Waals surface area contributed by atoms with Gasteiger partial charge in [-0.1, -0.05) is 6.92 Å². The summed E-state index contributed by atoms with van der Waals surface area (Å²) in [6, 6.07) is 0. The molecular formula is C23H31N7OS. The summed E-state index contributed by atoms with van der Waals surface area (Å²) < 4.78 is 2.96. The summed E-state index contributed by atoms with van der Waals surface area (Å²) in [6.45, 7) is 8.26. The van der Waals surface area contributed by atoms with Crippen LogP contribution >= 0.6 is 11.3 Å². The maximum absolute atomic E-state index is 12.0. The van der Waals surface area contributed by atoms with Crippen molar-refractivity contribution in [1.29, 1.82) is 0 Å². The predicted molar refractivity (Wildman–Crippen MR) is 128 cm³/mol. The molecule has 0 bridgehead atoms. The van der Waals surface area contributed by atoms with Crippen molar-refractivity contribution in [3.63, 3.8) is 0 Å². The Morgan fingerprint density at radius 3 is 2.53 bits per heavy atom. The summed E-state index contributed by atoms with van der Waals surface area (Å²) in [6.07, 6.45) is 8.19. The molecule has 5 rings (SSSR count). The van der Waals surface area contributed by atoms with Crippen LogP contribution in [-0.4, -0.2) is 74.7 Å². The minimum atomic E-state index is 0.255. The molecule has 1 amide bonds. The summed E-state index contributed by atoms with van der Waals surface area (Å²) in [5.41, 5.74) is 4.35. The number of amides is 1. The van der Waals surface area contributed by atoms with Crippen molar-refractivity contribution >= 4 is 33.4 Å². The third-order valence-electron chi connectivity index (χ3n) is 6.52. The normalized spacial score (nSPS) is 17.9. The Balaban J connectivity index is 1.45. The van der Waals surface area contributed by atoms with Crippen LogP contribution in [-0.2, 0) is 18.4 Å². The zero-order valence-corrected chi connectivity index (χ0v) is 19.8. The highest BCUT2D eigenvalue weighted by molar-refractivity contribution is 7.17. The molecule has 0 aromatic carbocycles. The highest BCUT2D eigenvalue weighted by Crippen LogP contribution is 2.35. The van der Waals surface area contributed by atoms with Gasteiger partial charge in [0.25, 0.3) is 0 Å². The third kappa shape index (κ3) is 4.23. The van der Waals surface area contributed by atoms with Gasteiger partial charge in [0.1, 0.15) is 0 Å². The Morgan fingerprint density at radius 2 is 1.84 bits per heavy atom. The van der Waals surface area contributed by atoms with E-state index in [0.29, 0.717) is 6.42 Å². The Bertz CT molecular complexity index is 1090. The van der Waals surface area contributed by atoms with Gasteiger partial charge in [0.2, 0.25) is 11.9 Å². The van der Waals surface area contributed by atoms with Crippen molar-refractivity contribution in [2.24, 2.45) is 7.05 Å². The molecular weight excluding hydrogens is 422 g/mol. The lowest BCUT2D eigenvalue weighted by molar-refractivity contribution is -0.132. The molecule has 5 heterocycles. The second-order valence-electron chi connectivity index (χ2n) is 8.77. The highest BCUT2D eigenvalue weighted by atomic mass is 32.1. The zero-order valence-electron chi connectivity index (χ0n) is 19.0. The number of carbonyl (C=O) groups is 1. The standard InChI is InChI=1S/C23H31N7OS/c1-3-19(31)29-11-9-28(10-12-29)15-18-16-32-22-20(17-13-24-27(2)14-17)25-23(26-21(18)22)30-7-5-4-6-8-30/h13-14,16H,3-12,15H2,1-2H3. The number of piperazine rings is 1. The van der Waals surface area contributed by atoms with Gasteiger partial charge >= 0.3 is 0 Å². The molecule has 32 heavy (non-hydrogen) atoms. The number of thiophene rings is 1. The number of fused-ring (bicyclic) bond motifs is 1. The SMILES string of the molecule is CCC(=O)N1CCN(Cc2csc3c(-c4cnn(C)c4)nc(N4CCCCC4)nc23)CC1. The van der Waals surface area contributed by atoms with Crippen LogP contribution in [0.2, 0.25) is 0 Å². The van der Waals surface area contributed by atoms with Gasteiger partial charge in [0.05, 0.1) is 22.1 Å². The van der Waals surface area contributed by atoms with E-state index in [0.717, 1.165) is 73.2 Å². The monoisotopic (exact) mass is 453 g/mol. The number of piperidine rings is 1. The van der Waals surface area contributed by atoms with Crippen LogP contribution in [0.25, 0.3) is 21.5 Å². The first-order valence-corrected chi connectivity index (χ1v) is 12.5. The van der Waals surface area contributed by atoms with Crippen LogP contribution < -0.4 is 4.90 Å². The molecule has 2 fully saturated rings. The predicted octanol–water partition coefficient (Wildman–Crippen LogP) is 3.14. The number of hydrogen-bond donors (Lipinski definition) is 0. The molecule has 170 valence electrons. The van der Waals surface area contributed by atoms with E-state index in [1.807, 2.05) is 35.9 Å². The fourth-order valence-electron chi connectivity index (χ4n) is 4.66. The van der Waals surface area contributed by atoms with Crippen LogP contribution in [0.5, 0.6) is 0 Å². The Morgan fingerprint density at radius 1 is 1.06 bits per heavy atom. The number of anilines is 1. The van der Waals surface area contributed by atoms with E-state index >= 15 is 0 Å². The van der Waals surface area contributed by atoms with Crippen LogP contribution in [0.1, 0.15) is 38.2 Å². The fourth-order valence-corrected chi connectivity index (χ4v) is 5.67. The maximum Gasteiger partial charge on any atom is 0.226 e. The lowest BCUT2D eigenvalue weighted by atomic mass is 10.1. The average Bonchev–Trinajstić information content (AvgIpc) is 3.45.